The summed E-state index contributed by atoms with van der Waals surface area (Å²) >= 11 is 0. The summed E-state index contributed by atoms with van der Waals surface area (Å²) in [5, 5.41) is 16.4. The number of hydrogen-bond donors (Lipinski definition) is 3. The first-order chi connectivity index (χ1) is 9.61. The lowest BCUT2D eigenvalue weighted by Crippen LogP contribution is -2.50. The van der Waals surface area contributed by atoms with E-state index in [2.05, 4.69) is 15.6 Å². The molecule has 0 spiro atoms. The first kappa shape index (κ1) is 14.8. The van der Waals surface area contributed by atoms with Crippen LogP contribution in [0.3, 0.4) is 0 Å². The number of rotatable bonds is 5. The van der Waals surface area contributed by atoms with Gasteiger partial charge in [-0.1, -0.05) is 12.1 Å². The van der Waals surface area contributed by atoms with Crippen LogP contribution in [0.1, 0.15) is 31.7 Å². The lowest BCUT2D eigenvalue weighted by Gasteiger charge is -2.36. The maximum Gasteiger partial charge on any atom is 0.191 e. The predicted molar refractivity (Wildman–Crippen MR) is 78.0 cm³/mol. The molecule has 0 unspecified atom stereocenters. The van der Waals surface area contributed by atoms with Gasteiger partial charge in [0.25, 0.3) is 0 Å². The molecule has 20 heavy (non-hydrogen) atoms. The lowest BCUT2D eigenvalue weighted by atomic mass is 9.80. The molecule has 0 aliphatic heterocycles. The Morgan fingerprint density at radius 1 is 1.30 bits per heavy atom. The third-order valence-electron chi connectivity index (χ3n) is 3.55. The van der Waals surface area contributed by atoms with Gasteiger partial charge >= 0.3 is 0 Å². The van der Waals surface area contributed by atoms with E-state index in [1.165, 1.54) is 12.1 Å². The van der Waals surface area contributed by atoms with E-state index < -0.39 is 5.60 Å². The number of nitrogens with one attached hydrogen (secondary N) is 2. The quantitative estimate of drug-likeness (QED) is 0.569. The minimum absolute atomic E-state index is 0.241. The Kier molecular flexibility index (Phi) is 4.95. The Balaban J connectivity index is 1.89. The molecule has 1 aliphatic carbocycles. The zero-order chi connectivity index (χ0) is 14.4. The molecule has 0 amide bonds. The first-order valence-corrected chi connectivity index (χ1v) is 7.10. The van der Waals surface area contributed by atoms with Gasteiger partial charge in [-0.15, -0.1) is 0 Å². The standard InChI is InChI=1S/C15H22FN3O/c1-2-17-14(19-11-15(20)8-3-9-15)18-10-12-4-6-13(16)7-5-12/h4-7,20H,2-3,8-11H2,1H3,(H2,17,18,19). The van der Waals surface area contributed by atoms with E-state index >= 15 is 0 Å². The van der Waals surface area contributed by atoms with Crippen LogP contribution in [0.5, 0.6) is 0 Å². The van der Waals surface area contributed by atoms with Crippen LogP contribution >= 0.6 is 0 Å². The highest BCUT2D eigenvalue weighted by Gasteiger charge is 2.34. The van der Waals surface area contributed by atoms with Crippen molar-refractivity contribution in [1.29, 1.82) is 0 Å². The Bertz CT molecular complexity index is 455. The third kappa shape index (κ3) is 4.20. The minimum Gasteiger partial charge on any atom is -0.388 e. The molecule has 3 N–H and O–H groups in total. The van der Waals surface area contributed by atoms with Gasteiger partial charge < -0.3 is 15.7 Å². The average Bonchev–Trinajstić information content (AvgIpc) is 2.41. The van der Waals surface area contributed by atoms with Crippen molar-refractivity contribution in [1.82, 2.24) is 10.6 Å². The van der Waals surface area contributed by atoms with Crippen molar-refractivity contribution >= 4 is 5.96 Å². The Hall–Kier alpha value is -1.62. The van der Waals surface area contributed by atoms with Crippen molar-refractivity contribution < 1.29 is 9.50 Å². The number of aliphatic imine (C=N–C) groups is 1. The highest BCUT2D eigenvalue weighted by atomic mass is 19.1. The van der Waals surface area contributed by atoms with E-state index in [0.29, 0.717) is 19.0 Å². The second-order valence-corrected chi connectivity index (χ2v) is 5.25. The molecule has 1 saturated carbocycles. The highest BCUT2D eigenvalue weighted by molar-refractivity contribution is 5.79. The molecule has 1 aliphatic rings. The fraction of sp³-hybridized carbons (Fsp3) is 0.533. The summed E-state index contributed by atoms with van der Waals surface area (Å²) in [4.78, 5) is 4.44. The van der Waals surface area contributed by atoms with Gasteiger partial charge in [-0.3, -0.25) is 0 Å². The van der Waals surface area contributed by atoms with E-state index in [1.807, 2.05) is 6.92 Å². The van der Waals surface area contributed by atoms with Gasteiger partial charge in [0, 0.05) is 13.1 Å². The summed E-state index contributed by atoms with van der Waals surface area (Å²) in [6, 6.07) is 6.31. The van der Waals surface area contributed by atoms with Crippen LogP contribution in [0.25, 0.3) is 0 Å². The molecule has 0 atom stereocenters. The fourth-order valence-corrected chi connectivity index (χ4v) is 2.11. The molecule has 2 rings (SSSR count). The van der Waals surface area contributed by atoms with Crippen molar-refractivity contribution in [3.8, 4) is 0 Å². The van der Waals surface area contributed by atoms with Gasteiger partial charge in [-0.2, -0.15) is 0 Å². The number of nitrogens with zero attached hydrogens (tertiary/aromatic N) is 1. The topological polar surface area (TPSA) is 56.7 Å². The van der Waals surface area contributed by atoms with Crippen molar-refractivity contribution in [2.75, 3.05) is 13.1 Å². The number of halogens is 1. The van der Waals surface area contributed by atoms with Crippen molar-refractivity contribution in [2.45, 2.75) is 38.3 Å². The normalized spacial score (nSPS) is 17.4. The minimum atomic E-state index is -0.577. The smallest absolute Gasteiger partial charge is 0.191 e. The summed E-state index contributed by atoms with van der Waals surface area (Å²) in [7, 11) is 0. The van der Waals surface area contributed by atoms with Gasteiger partial charge in [0.15, 0.2) is 5.96 Å². The molecule has 110 valence electrons. The summed E-state index contributed by atoms with van der Waals surface area (Å²) in [6.45, 7) is 3.75. The van der Waals surface area contributed by atoms with E-state index in [-0.39, 0.29) is 5.82 Å². The van der Waals surface area contributed by atoms with E-state index in [9.17, 15) is 9.50 Å². The zero-order valence-corrected chi connectivity index (χ0v) is 11.8. The van der Waals surface area contributed by atoms with Crippen LogP contribution in [-0.4, -0.2) is 29.8 Å². The third-order valence-corrected chi connectivity index (χ3v) is 3.55. The molecule has 0 radical (unpaired) electrons. The van der Waals surface area contributed by atoms with E-state index in [1.54, 1.807) is 12.1 Å². The molecule has 1 aromatic carbocycles. The average molecular weight is 279 g/mol. The van der Waals surface area contributed by atoms with Crippen LogP contribution in [-0.2, 0) is 6.54 Å². The van der Waals surface area contributed by atoms with Gasteiger partial charge in [0.1, 0.15) is 5.82 Å². The van der Waals surface area contributed by atoms with Crippen LogP contribution < -0.4 is 10.6 Å². The molecular weight excluding hydrogens is 257 g/mol. The van der Waals surface area contributed by atoms with E-state index in [4.69, 9.17) is 0 Å². The zero-order valence-electron chi connectivity index (χ0n) is 11.8. The van der Waals surface area contributed by atoms with Crippen LogP contribution in [0.15, 0.2) is 29.3 Å². The molecule has 0 heterocycles. The summed E-state index contributed by atoms with van der Waals surface area (Å²) in [5.74, 6) is 0.437. The maximum absolute atomic E-state index is 12.8. The maximum atomic E-state index is 12.8. The Morgan fingerprint density at radius 2 is 2.00 bits per heavy atom. The summed E-state index contributed by atoms with van der Waals surface area (Å²) in [5.41, 5.74) is 0.373. The second-order valence-electron chi connectivity index (χ2n) is 5.25. The fourth-order valence-electron chi connectivity index (χ4n) is 2.11. The van der Waals surface area contributed by atoms with Crippen molar-refractivity contribution in [3.05, 3.63) is 35.6 Å². The van der Waals surface area contributed by atoms with Crippen LogP contribution in [0, 0.1) is 5.82 Å². The van der Waals surface area contributed by atoms with Gasteiger partial charge in [-0.05, 0) is 43.9 Å². The molecule has 0 bridgehead atoms. The molecule has 4 nitrogen and oxygen atoms in total. The van der Waals surface area contributed by atoms with Crippen molar-refractivity contribution in [2.24, 2.45) is 4.99 Å². The summed E-state index contributed by atoms with van der Waals surface area (Å²) in [6.07, 6.45) is 2.77. The predicted octanol–water partition coefficient (Wildman–Crippen LogP) is 1.80. The van der Waals surface area contributed by atoms with Gasteiger partial charge in [0.2, 0.25) is 0 Å². The Labute approximate surface area is 119 Å². The summed E-state index contributed by atoms with van der Waals surface area (Å²) < 4.78 is 12.8. The number of aliphatic hydroxyl groups is 1. The monoisotopic (exact) mass is 279 g/mol. The van der Waals surface area contributed by atoms with Crippen LogP contribution in [0.2, 0.25) is 0 Å². The van der Waals surface area contributed by atoms with Crippen LogP contribution in [0.4, 0.5) is 4.39 Å². The van der Waals surface area contributed by atoms with Crippen molar-refractivity contribution in [3.63, 3.8) is 0 Å². The molecular formula is C15H22FN3O. The van der Waals surface area contributed by atoms with E-state index in [0.717, 1.165) is 31.4 Å². The van der Waals surface area contributed by atoms with Gasteiger partial charge in [-0.25, -0.2) is 9.38 Å². The number of hydrogen-bond acceptors (Lipinski definition) is 2. The molecule has 0 saturated heterocycles. The molecule has 1 fully saturated rings. The molecule has 0 aromatic heterocycles. The second kappa shape index (κ2) is 6.70. The molecule has 5 heteroatoms. The first-order valence-electron chi connectivity index (χ1n) is 7.10. The number of benzene rings is 1. The Morgan fingerprint density at radius 3 is 2.55 bits per heavy atom. The molecule has 1 aromatic rings. The number of guanidine groups is 1. The lowest BCUT2D eigenvalue weighted by molar-refractivity contribution is -0.0279. The van der Waals surface area contributed by atoms with Gasteiger partial charge in [0.05, 0.1) is 12.1 Å². The largest absolute Gasteiger partial charge is 0.388 e. The highest BCUT2D eigenvalue weighted by Crippen LogP contribution is 2.30. The SMILES string of the molecule is CCNC(=NCc1ccc(F)cc1)NCC1(O)CCC1.